The molecule has 0 atom stereocenters. The van der Waals surface area contributed by atoms with E-state index in [9.17, 15) is 0 Å². The zero-order chi connectivity index (χ0) is 15.5. The van der Waals surface area contributed by atoms with Gasteiger partial charge in [0.15, 0.2) is 11.5 Å². The maximum Gasteiger partial charge on any atom is 0.226 e. The summed E-state index contributed by atoms with van der Waals surface area (Å²) in [6.07, 6.45) is 3.52. The molecule has 0 saturated heterocycles. The Hall–Kier alpha value is -2.74. The standard InChI is InChI=1S/C14H17N7O/c1-9-2-3-10(6-17-9)7-21-8-18-11-12(15)19-14(16-4-5-22)20-13(11)21/h2-3,6,8,22H,4-5,7H2,1H3,(H3,15,16,19,20). The lowest BCUT2D eigenvalue weighted by molar-refractivity contribution is 0.311. The highest BCUT2D eigenvalue weighted by atomic mass is 16.3. The fourth-order valence-corrected chi connectivity index (χ4v) is 2.12. The number of aryl methyl sites for hydroxylation is 1. The van der Waals surface area contributed by atoms with Crippen molar-refractivity contribution in [1.82, 2.24) is 24.5 Å². The van der Waals surface area contributed by atoms with Crippen molar-refractivity contribution in [2.45, 2.75) is 13.5 Å². The Morgan fingerprint density at radius 3 is 2.86 bits per heavy atom. The zero-order valence-corrected chi connectivity index (χ0v) is 12.2. The molecule has 3 aromatic heterocycles. The SMILES string of the molecule is Cc1ccc(Cn2cnc3c(N)nc(NCCO)nc32)cn1. The minimum atomic E-state index is -0.00437. The van der Waals surface area contributed by atoms with E-state index in [4.69, 9.17) is 10.8 Å². The molecule has 3 aromatic rings. The lowest BCUT2D eigenvalue weighted by Crippen LogP contribution is -2.11. The van der Waals surface area contributed by atoms with E-state index in [2.05, 4.69) is 25.3 Å². The van der Waals surface area contributed by atoms with Crippen LogP contribution in [-0.2, 0) is 6.54 Å². The van der Waals surface area contributed by atoms with Crippen LogP contribution in [0.4, 0.5) is 11.8 Å². The number of nitrogens with two attached hydrogens (primary N) is 1. The van der Waals surface area contributed by atoms with Crippen LogP contribution in [0, 0.1) is 6.92 Å². The molecule has 0 amide bonds. The molecule has 0 aromatic carbocycles. The van der Waals surface area contributed by atoms with E-state index >= 15 is 0 Å². The highest BCUT2D eigenvalue weighted by Gasteiger charge is 2.11. The molecule has 8 heteroatoms. The van der Waals surface area contributed by atoms with Gasteiger partial charge in [0.05, 0.1) is 19.5 Å². The molecule has 0 aliphatic carbocycles. The van der Waals surface area contributed by atoms with Crippen LogP contribution in [0.1, 0.15) is 11.3 Å². The number of aromatic nitrogens is 5. The lowest BCUT2D eigenvalue weighted by Gasteiger charge is -2.07. The summed E-state index contributed by atoms with van der Waals surface area (Å²) in [7, 11) is 0. The Labute approximate surface area is 127 Å². The van der Waals surface area contributed by atoms with Crippen molar-refractivity contribution in [2.24, 2.45) is 0 Å². The second-order valence-electron chi connectivity index (χ2n) is 4.94. The number of hydrogen-bond donors (Lipinski definition) is 3. The van der Waals surface area contributed by atoms with Crippen molar-refractivity contribution in [3.8, 4) is 0 Å². The van der Waals surface area contributed by atoms with Crippen LogP contribution >= 0.6 is 0 Å². The second-order valence-corrected chi connectivity index (χ2v) is 4.94. The topological polar surface area (TPSA) is 115 Å². The van der Waals surface area contributed by atoms with Gasteiger partial charge in [-0.05, 0) is 18.6 Å². The molecular weight excluding hydrogens is 282 g/mol. The Balaban J connectivity index is 1.95. The Morgan fingerprint density at radius 1 is 1.27 bits per heavy atom. The summed E-state index contributed by atoms with van der Waals surface area (Å²) in [6.45, 7) is 2.90. The van der Waals surface area contributed by atoms with E-state index in [0.29, 0.717) is 36.0 Å². The first-order chi connectivity index (χ1) is 10.7. The van der Waals surface area contributed by atoms with E-state index in [1.54, 1.807) is 6.33 Å². The summed E-state index contributed by atoms with van der Waals surface area (Å²) in [5, 5.41) is 11.8. The number of aliphatic hydroxyl groups excluding tert-OH is 1. The molecule has 0 radical (unpaired) electrons. The fraction of sp³-hybridized carbons (Fsp3) is 0.286. The van der Waals surface area contributed by atoms with E-state index in [1.807, 2.05) is 29.8 Å². The number of aliphatic hydroxyl groups is 1. The second kappa shape index (κ2) is 5.94. The molecule has 0 saturated carbocycles. The summed E-state index contributed by atoms with van der Waals surface area (Å²) in [5.74, 6) is 0.689. The van der Waals surface area contributed by atoms with Crippen LogP contribution in [0.25, 0.3) is 11.2 Å². The van der Waals surface area contributed by atoms with Gasteiger partial charge in [0.1, 0.15) is 5.52 Å². The summed E-state index contributed by atoms with van der Waals surface area (Å²) in [5.41, 5.74) is 9.15. The first-order valence-electron chi connectivity index (χ1n) is 6.92. The van der Waals surface area contributed by atoms with Gasteiger partial charge >= 0.3 is 0 Å². The molecule has 114 valence electrons. The van der Waals surface area contributed by atoms with Gasteiger partial charge in [-0.2, -0.15) is 9.97 Å². The average molecular weight is 299 g/mol. The van der Waals surface area contributed by atoms with Crippen molar-refractivity contribution < 1.29 is 5.11 Å². The van der Waals surface area contributed by atoms with Crippen LogP contribution in [0.5, 0.6) is 0 Å². The highest BCUT2D eigenvalue weighted by Crippen LogP contribution is 2.19. The number of nitrogens with one attached hydrogen (secondary N) is 1. The van der Waals surface area contributed by atoms with Crippen molar-refractivity contribution in [3.05, 3.63) is 35.9 Å². The number of imidazole rings is 1. The van der Waals surface area contributed by atoms with Crippen LogP contribution in [0.2, 0.25) is 0 Å². The van der Waals surface area contributed by atoms with Gasteiger partial charge in [0.25, 0.3) is 0 Å². The van der Waals surface area contributed by atoms with E-state index in [1.165, 1.54) is 0 Å². The van der Waals surface area contributed by atoms with E-state index < -0.39 is 0 Å². The molecule has 0 fully saturated rings. The Bertz CT molecular complexity index is 782. The maximum absolute atomic E-state index is 8.87. The van der Waals surface area contributed by atoms with Gasteiger partial charge in [-0.1, -0.05) is 6.07 Å². The lowest BCUT2D eigenvalue weighted by atomic mass is 10.2. The molecule has 3 rings (SSSR count). The first-order valence-corrected chi connectivity index (χ1v) is 6.92. The fourth-order valence-electron chi connectivity index (χ4n) is 2.12. The normalized spacial score (nSPS) is 11.0. The van der Waals surface area contributed by atoms with Gasteiger partial charge in [0, 0.05) is 18.4 Å². The molecule has 3 heterocycles. The number of rotatable bonds is 5. The number of nitrogen functional groups attached to an aromatic ring is 1. The molecule has 0 spiro atoms. The van der Waals surface area contributed by atoms with E-state index in [-0.39, 0.29) is 6.61 Å². The van der Waals surface area contributed by atoms with Gasteiger partial charge in [0.2, 0.25) is 5.95 Å². The van der Waals surface area contributed by atoms with E-state index in [0.717, 1.165) is 11.3 Å². The predicted octanol–water partition coefficient (Wildman–Crippen LogP) is 0.564. The first kappa shape index (κ1) is 14.2. The number of hydrogen-bond acceptors (Lipinski definition) is 7. The van der Waals surface area contributed by atoms with Crippen LogP contribution in [-0.4, -0.2) is 42.8 Å². The van der Waals surface area contributed by atoms with Gasteiger partial charge in [-0.15, -0.1) is 0 Å². The van der Waals surface area contributed by atoms with Crippen LogP contribution < -0.4 is 11.1 Å². The third-order valence-electron chi connectivity index (χ3n) is 3.21. The largest absolute Gasteiger partial charge is 0.395 e. The highest BCUT2D eigenvalue weighted by molar-refractivity contribution is 5.82. The minimum absolute atomic E-state index is 0.00437. The minimum Gasteiger partial charge on any atom is -0.395 e. The average Bonchev–Trinajstić information content (AvgIpc) is 2.91. The van der Waals surface area contributed by atoms with Crippen molar-refractivity contribution in [1.29, 1.82) is 0 Å². The third-order valence-corrected chi connectivity index (χ3v) is 3.21. The zero-order valence-electron chi connectivity index (χ0n) is 12.2. The molecule has 0 bridgehead atoms. The quantitative estimate of drug-likeness (QED) is 0.630. The number of nitrogens with zero attached hydrogens (tertiary/aromatic N) is 5. The summed E-state index contributed by atoms with van der Waals surface area (Å²) >= 11 is 0. The van der Waals surface area contributed by atoms with Crippen molar-refractivity contribution >= 4 is 22.9 Å². The Kier molecular flexibility index (Phi) is 3.84. The number of fused-ring (bicyclic) bond motifs is 1. The molecule has 8 nitrogen and oxygen atoms in total. The van der Waals surface area contributed by atoms with Gasteiger partial charge in [-0.3, -0.25) is 4.98 Å². The monoisotopic (exact) mass is 299 g/mol. The summed E-state index contributed by atoms with van der Waals surface area (Å²) in [4.78, 5) is 17.1. The smallest absolute Gasteiger partial charge is 0.226 e. The van der Waals surface area contributed by atoms with Crippen molar-refractivity contribution in [2.75, 3.05) is 24.2 Å². The van der Waals surface area contributed by atoms with Gasteiger partial charge < -0.3 is 20.7 Å². The van der Waals surface area contributed by atoms with Crippen LogP contribution in [0.15, 0.2) is 24.7 Å². The summed E-state index contributed by atoms with van der Waals surface area (Å²) in [6, 6.07) is 3.98. The molecule has 4 N–H and O–H groups in total. The molecular formula is C14H17N7O. The molecule has 0 aliphatic rings. The maximum atomic E-state index is 8.87. The van der Waals surface area contributed by atoms with Gasteiger partial charge in [-0.25, -0.2) is 4.98 Å². The van der Waals surface area contributed by atoms with Crippen LogP contribution in [0.3, 0.4) is 0 Å². The van der Waals surface area contributed by atoms with Crippen molar-refractivity contribution in [3.63, 3.8) is 0 Å². The molecule has 0 unspecified atom stereocenters. The molecule has 0 aliphatic heterocycles. The third kappa shape index (κ3) is 2.82. The molecule has 22 heavy (non-hydrogen) atoms. The Morgan fingerprint density at radius 2 is 2.14 bits per heavy atom. The number of pyridine rings is 1. The summed E-state index contributed by atoms with van der Waals surface area (Å²) < 4.78 is 1.89. The predicted molar refractivity (Wildman–Crippen MR) is 83.4 cm³/mol. The number of anilines is 2.